The van der Waals surface area contributed by atoms with Gasteiger partial charge in [0.05, 0.1) is 5.56 Å². The molecule has 0 saturated carbocycles. The number of likely N-dealkylation sites (tertiary alicyclic amines) is 2. The fourth-order valence-electron chi connectivity index (χ4n) is 4.15. The molecule has 3 rings (SSSR count). The number of aliphatic hydroxyl groups is 1. The summed E-state index contributed by atoms with van der Waals surface area (Å²) < 4.78 is 0. The maximum Gasteiger partial charge on any atom is 0.257 e. The highest BCUT2D eigenvalue weighted by Gasteiger charge is 2.41. The molecule has 2 aliphatic heterocycles. The van der Waals surface area contributed by atoms with Crippen LogP contribution in [-0.4, -0.2) is 64.6 Å². The molecule has 2 fully saturated rings. The molecule has 0 aromatic heterocycles. The van der Waals surface area contributed by atoms with Crippen molar-refractivity contribution < 1.29 is 19.8 Å². The van der Waals surface area contributed by atoms with Crippen LogP contribution in [0.15, 0.2) is 18.2 Å². The number of piperidine rings is 2. The fraction of sp³-hybridized carbons (Fsp3) is 0.600. The molecule has 6 nitrogen and oxygen atoms in total. The number of carbonyl (C=O) groups is 2. The molecule has 1 aromatic rings. The van der Waals surface area contributed by atoms with Gasteiger partial charge in [0, 0.05) is 39.2 Å². The van der Waals surface area contributed by atoms with Gasteiger partial charge in [0.1, 0.15) is 5.75 Å². The van der Waals surface area contributed by atoms with Gasteiger partial charge < -0.3 is 20.0 Å². The molecule has 0 unspecified atom stereocenters. The molecule has 142 valence electrons. The number of aromatic hydroxyl groups is 1. The van der Waals surface area contributed by atoms with Crippen molar-refractivity contribution in [2.75, 3.05) is 32.8 Å². The third-order valence-corrected chi connectivity index (χ3v) is 5.83. The Bertz CT molecular complexity index is 680. The Hall–Kier alpha value is -2.08. The summed E-state index contributed by atoms with van der Waals surface area (Å²) in [6, 6.07) is 5.09. The van der Waals surface area contributed by atoms with E-state index in [-0.39, 0.29) is 29.6 Å². The van der Waals surface area contributed by atoms with Crippen molar-refractivity contribution in [2.45, 2.75) is 39.0 Å². The first-order chi connectivity index (χ1) is 12.4. The molecule has 2 aliphatic rings. The smallest absolute Gasteiger partial charge is 0.257 e. The van der Waals surface area contributed by atoms with Crippen LogP contribution < -0.4 is 0 Å². The first-order valence-electron chi connectivity index (χ1n) is 9.42. The highest BCUT2D eigenvalue weighted by molar-refractivity contribution is 5.97. The van der Waals surface area contributed by atoms with Crippen molar-refractivity contribution in [2.24, 2.45) is 5.41 Å². The third kappa shape index (κ3) is 3.85. The van der Waals surface area contributed by atoms with Gasteiger partial charge in [-0.1, -0.05) is 11.6 Å². The van der Waals surface area contributed by atoms with Gasteiger partial charge in [0.2, 0.25) is 5.91 Å². The molecular weight excluding hydrogens is 332 g/mol. The zero-order valence-corrected chi connectivity index (χ0v) is 15.4. The zero-order valence-electron chi connectivity index (χ0n) is 15.4. The minimum Gasteiger partial charge on any atom is -0.507 e. The maximum atomic E-state index is 12.8. The van der Waals surface area contributed by atoms with E-state index in [1.165, 1.54) is 0 Å². The molecule has 0 aliphatic carbocycles. The van der Waals surface area contributed by atoms with Gasteiger partial charge in [0.15, 0.2) is 0 Å². The summed E-state index contributed by atoms with van der Waals surface area (Å²) in [4.78, 5) is 28.6. The van der Waals surface area contributed by atoms with E-state index in [9.17, 15) is 14.7 Å². The van der Waals surface area contributed by atoms with Gasteiger partial charge in [-0.05, 0) is 50.2 Å². The molecule has 1 spiro atoms. The zero-order chi connectivity index (χ0) is 18.7. The van der Waals surface area contributed by atoms with Crippen LogP contribution in [0.25, 0.3) is 0 Å². The van der Waals surface area contributed by atoms with Crippen molar-refractivity contribution in [1.29, 1.82) is 0 Å². The van der Waals surface area contributed by atoms with Gasteiger partial charge in [-0.25, -0.2) is 0 Å². The number of rotatable bonds is 4. The second-order valence-corrected chi connectivity index (χ2v) is 7.71. The van der Waals surface area contributed by atoms with Crippen LogP contribution in [0.3, 0.4) is 0 Å². The first-order valence-corrected chi connectivity index (χ1v) is 9.42. The number of amides is 2. The average molecular weight is 360 g/mol. The van der Waals surface area contributed by atoms with Crippen molar-refractivity contribution in [1.82, 2.24) is 9.80 Å². The van der Waals surface area contributed by atoms with Crippen molar-refractivity contribution in [3.63, 3.8) is 0 Å². The Labute approximate surface area is 154 Å². The number of carbonyl (C=O) groups excluding carboxylic acids is 2. The Morgan fingerprint density at radius 3 is 2.65 bits per heavy atom. The number of nitrogens with zero attached hydrogens (tertiary/aromatic N) is 2. The minimum absolute atomic E-state index is 0.0272. The third-order valence-electron chi connectivity index (χ3n) is 5.83. The summed E-state index contributed by atoms with van der Waals surface area (Å²) in [6.45, 7) is 4.63. The number of aryl methyl sites for hydroxylation is 1. The van der Waals surface area contributed by atoms with E-state index in [2.05, 4.69) is 0 Å². The summed E-state index contributed by atoms with van der Waals surface area (Å²) in [5, 5.41) is 19.0. The van der Waals surface area contributed by atoms with Crippen LogP contribution in [0.2, 0.25) is 0 Å². The maximum absolute atomic E-state index is 12.8. The average Bonchev–Trinajstić information content (AvgIpc) is 2.65. The van der Waals surface area contributed by atoms with Crippen LogP contribution in [0, 0.1) is 12.3 Å². The van der Waals surface area contributed by atoms with Crippen LogP contribution in [0.5, 0.6) is 5.75 Å². The highest BCUT2D eigenvalue weighted by atomic mass is 16.3. The predicted molar refractivity (Wildman–Crippen MR) is 97.9 cm³/mol. The molecule has 2 heterocycles. The quantitative estimate of drug-likeness (QED) is 0.860. The topological polar surface area (TPSA) is 81.1 Å². The van der Waals surface area contributed by atoms with Gasteiger partial charge in [-0.15, -0.1) is 0 Å². The van der Waals surface area contributed by atoms with Crippen molar-refractivity contribution in [3.8, 4) is 5.75 Å². The van der Waals surface area contributed by atoms with Gasteiger partial charge >= 0.3 is 0 Å². The monoisotopic (exact) mass is 360 g/mol. The lowest BCUT2D eigenvalue weighted by Crippen LogP contribution is -2.52. The SMILES string of the molecule is Cc1ccc(O)c(C(=O)N2CCC3(CCC(=O)N(CCCO)C3)CC2)c1. The van der Waals surface area contributed by atoms with Gasteiger partial charge in [-0.2, -0.15) is 0 Å². The van der Waals surface area contributed by atoms with Crippen LogP contribution in [0.4, 0.5) is 0 Å². The molecule has 0 radical (unpaired) electrons. The van der Waals surface area contributed by atoms with Crippen molar-refractivity contribution in [3.05, 3.63) is 29.3 Å². The first kappa shape index (κ1) is 18.7. The molecular formula is C20H28N2O4. The Kier molecular flexibility index (Phi) is 5.51. The fourth-order valence-corrected chi connectivity index (χ4v) is 4.15. The lowest BCUT2D eigenvalue weighted by atomic mass is 9.72. The van der Waals surface area contributed by atoms with Crippen LogP contribution >= 0.6 is 0 Å². The number of hydrogen-bond acceptors (Lipinski definition) is 4. The molecule has 0 atom stereocenters. The van der Waals surface area contributed by atoms with E-state index in [0.717, 1.165) is 31.4 Å². The Balaban J connectivity index is 1.64. The summed E-state index contributed by atoms with van der Waals surface area (Å²) in [5.41, 5.74) is 1.39. The number of aliphatic hydroxyl groups excluding tert-OH is 1. The van der Waals surface area contributed by atoms with Crippen LogP contribution in [-0.2, 0) is 4.79 Å². The molecule has 2 N–H and O–H groups in total. The second kappa shape index (κ2) is 7.66. The molecule has 26 heavy (non-hydrogen) atoms. The molecule has 6 heteroatoms. The van der Waals surface area contributed by atoms with Crippen molar-refractivity contribution >= 4 is 11.8 Å². The standard InChI is InChI=1S/C20H28N2O4/c1-15-3-4-17(24)16(13-15)19(26)21-10-7-20(8-11-21)6-5-18(25)22(14-20)9-2-12-23/h3-4,13,23-24H,2,5-12,14H2,1H3. The highest BCUT2D eigenvalue weighted by Crippen LogP contribution is 2.40. The number of phenolic OH excluding ortho intramolecular Hbond substituents is 1. The van der Waals surface area contributed by atoms with Gasteiger partial charge in [-0.3, -0.25) is 9.59 Å². The lowest BCUT2D eigenvalue weighted by Gasteiger charge is -2.47. The molecule has 2 saturated heterocycles. The lowest BCUT2D eigenvalue weighted by molar-refractivity contribution is -0.139. The summed E-state index contributed by atoms with van der Waals surface area (Å²) in [5.74, 6) is 0.0802. The second-order valence-electron chi connectivity index (χ2n) is 7.71. The number of hydrogen-bond donors (Lipinski definition) is 2. The van der Waals surface area contributed by atoms with E-state index >= 15 is 0 Å². The molecule has 0 bridgehead atoms. The molecule has 2 amide bonds. The summed E-state index contributed by atoms with van der Waals surface area (Å²) in [7, 11) is 0. The van der Waals surface area contributed by atoms with E-state index in [1.54, 1.807) is 18.2 Å². The summed E-state index contributed by atoms with van der Waals surface area (Å²) in [6.07, 6.45) is 3.78. The van der Waals surface area contributed by atoms with E-state index in [4.69, 9.17) is 5.11 Å². The minimum atomic E-state index is -0.120. The van der Waals surface area contributed by atoms with E-state index < -0.39 is 0 Å². The summed E-state index contributed by atoms with van der Waals surface area (Å²) >= 11 is 0. The normalized spacial score (nSPS) is 19.8. The van der Waals surface area contributed by atoms with E-state index in [1.807, 2.05) is 16.7 Å². The largest absolute Gasteiger partial charge is 0.507 e. The Morgan fingerprint density at radius 2 is 1.96 bits per heavy atom. The predicted octanol–water partition coefficient (Wildman–Crippen LogP) is 1.93. The Morgan fingerprint density at radius 1 is 1.23 bits per heavy atom. The van der Waals surface area contributed by atoms with Gasteiger partial charge in [0.25, 0.3) is 5.91 Å². The van der Waals surface area contributed by atoms with Crippen LogP contribution in [0.1, 0.15) is 48.0 Å². The number of phenols is 1. The van der Waals surface area contributed by atoms with E-state index in [0.29, 0.717) is 38.0 Å². The molecule has 1 aromatic carbocycles. The number of benzene rings is 1.